The minimum atomic E-state index is -0.641. The second-order valence-electron chi connectivity index (χ2n) is 3.56. The van der Waals surface area contributed by atoms with Crippen molar-refractivity contribution in [2.75, 3.05) is 5.32 Å². The van der Waals surface area contributed by atoms with Crippen molar-refractivity contribution in [3.63, 3.8) is 0 Å². The second-order valence-corrected chi connectivity index (χ2v) is 4.47. The smallest absolute Gasteiger partial charge is 0.146 e. The first kappa shape index (κ1) is 12.5. The molecule has 0 radical (unpaired) electrons. The lowest BCUT2D eigenvalue weighted by Crippen LogP contribution is -1.95. The fraction of sp³-hybridized carbons (Fsp3) is 0. The van der Waals surface area contributed by atoms with E-state index in [1.54, 1.807) is 18.2 Å². The molecule has 18 heavy (non-hydrogen) atoms. The summed E-state index contributed by atoms with van der Waals surface area (Å²) < 4.78 is 27.5. The number of rotatable bonds is 2. The van der Waals surface area contributed by atoms with Gasteiger partial charge < -0.3 is 5.32 Å². The number of benzene rings is 2. The topological polar surface area (TPSA) is 35.8 Å². The Morgan fingerprint density at radius 2 is 1.83 bits per heavy atom. The summed E-state index contributed by atoms with van der Waals surface area (Å²) in [5.41, 5.74) is 0.562. The highest BCUT2D eigenvalue weighted by Gasteiger charge is 2.06. The van der Waals surface area contributed by atoms with Gasteiger partial charge in [-0.05, 0) is 36.4 Å². The van der Waals surface area contributed by atoms with E-state index in [4.69, 9.17) is 5.26 Å². The standard InChI is InChI=1S/C13H7BrF2N2/c14-9-2-4-11(15)13(5-9)18-10-3-1-8(7-17)12(16)6-10/h1-6,18H. The van der Waals surface area contributed by atoms with E-state index in [9.17, 15) is 8.78 Å². The highest BCUT2D eigenvalue weighted by molar-refractivity contribution is 9.10. The minimum Gasteiger partial charge on any atom is -0.353 e. The van der Waals surface area contributed by atoms with E-state index in [0.29, 0.717) is 10.2 Å². The van der Waals surface area contributed by atoms with Crippen molar-refractivity contribution >= 4 is 27.3 Å². The molecule has 0 atom stereocenters. The summed E-state index contributed by atoms with van der Waals surface area (Å²) in [7, 11) is 0. The van der Waals surface area contributed by atoms with Crippen LogP contribution in [0.2, 0.25) is 0 Å². The van der Waals surface area contributed by atoms with Crippen molar-refractivity contribution in [1.29, 1.82) is 5.26 Å². The molecule has 0 aromatic heterocycles. The van der Waals surface area contributed by atoms with E-state index >= 15 is 0 Å². The molecule has 2 aromatic carbocycles. The zero-order chi connectivity index (χ0) is 13.1. The lowest BCUT2D eigenvalue weighted by Gasteiger charge is -2.08. The quantitative estimate of drug-likeness (QED) is 0.895. The van der Waals surface area contributed by atoms with Crippen molar-refractivity contribution < 1.29 is 8.78 Å². The van der Waals surface area contributed by atoms with Gasteiger partial charge in [0.15, 0.2) is 0 Å². The molecule has 1 N–H and O–H groups in total. The van der Waals surface area contributed by atoms with Gasteiger partial charge in [-0.25, -0.2) is 8.78 Å². The Morgan fingerprint density at radius 3 is 2.50 bits per heavy atom. The lowest BCUT2D eigenvalue weighted by atomic mass is 10.2. The molecular weight excluding hydrogens is 302 g/mol. The summed E-state index contributed by atoms with van der Waals surface area (Å²) in [5, 5.41) is 11.4. The van der Waals surface area contributed by atoms with Gasteiger partial charge in [0.2, 0.25) is 0 Å². The van der Waals surface area contributed by atoms with E-state index in [-0.39, 0.29) is 11.3 Å². The summed E-state index contributed by atoms with van der Waals surface area (Å²) in [4.78, 5) is 0. The van der Waals surface area contributed by atoms with Gasteiger partial charge in [0.05, 0.1) is 11.3 Å². The average Bonchev–Trinajstić information content (AvgIpc) is 2.34. The van der Waals surface area contributed by atoms with E-state index in [1.165, 1.54) is 18.2 Å². The van der Waals surface area contributed by atoms with Crippen LogP contribution in [0.5, 0.6) is 0 Å². The first-order valence-electron chi connectivity index (χ1n) is 5.02. The summed E-state index contributed by atoms with van der Waals surface area (Å²) in [6.07, 6.45) is 0. The van der Waals surface area contributed by atoms with Crippen LogP contribution in [0.1, 0.15) is 5.56 Å². The van der Waals surface area contributed by atoms with Gasteiger partial charge in [0.25, 0.3) is 0 Å². The maximum absolute atomic E-state index is 13.5. The molecule has 90 valence electrons. The number of hydrogen-bond donors (Lipinski definition) is 1. The highest BCUT2D eigenvalue weighted by atomic mass is 79.9. The first-order valence-corrected chi connectivity index (χ1v) is 5.81. The summed E-state index contributed by atoms with van der Waals surface area (Å²) in [6, 6.07) is 10.1. The normalized spacial score (nSPS) is 9.89. The van der Waals surface area contributed by atoms with Gasteiger partial charge in [-0.1, -0.05) is 15.9 Å². The van der Waals surface area contributed by atoms with Gasteiger partial charge in [-0.3, -0.25) is 0 Å². The number of nitrogens with one attached hydrogen (secondary N) is 1. The molecule has 0 aliphatic rings. The molecule has 0 amide bonds. The van der Waals surface area contributed by atoms with E-state index in [2.05, 4.69) is 21.2 Å². The molecule has 0 saturated heterocycles. The number of anilines is 2. The molecule has 0 unspecified atom stereocenters. The van der Waals surface area contributed by atoms with Gasteiger partial charge >= 0.3 is 0 Å². The molecule has 0 saturated carbocycles. The maximum Gasteiger partial charge on any atom is 0.146 e. The van der Waals surface area contributed by atoms with Crippen LogP contribution in [0.4, 0.5) is 20.2 Å². The average molecular weight is 309 g/mol. The van der Waals surface area contributed by atoms with Crippen LogP contribution in [-0.4, -0.2) is 0 Å². The monoisotopic (exact) mass is 308 g/mol. The number of halogens is 3. The first-order chi connectivity index (χ1) is 8.60. The van der Waals surface area contributed by atoms with Crippen LogP contribution >= 0.6 is 15.9 Å². The zero-order valence-electron chi connectivity index (χ0n) is 9.05. The Labute approximate surface area is 111 Å². The Balaban J connectivity index is 2.32. The third-order valence-corrected chi connectivity index (χ3v) is 2.79. The third kappa shape index (κ3) is 2.66. The molecule has 0 aliphatic carbocycles. The van der Waals surface area contributed by atoms with Gasteiger partial charge in [-0.2, -0.15) is 5.26 Å². The SMILES string of the molecule is N#Cc1ccc(Nc2cc(Br)ccc2F)cc1F. The van der Waals surface area contributed by atoms with Crippen LogP contribution in [0.15, 0.2) is 40.9 Å². The summed E-state index contributed by atoms with van der Waals surface area (Å²) >= 11 is 3.22. The molecule has 5 heteroatoms. The van der Waals surface area contributed by atoms with Gasteiger partial charge in [-0.15, -0.1) is 0 Å². The van der Waals surface area contributed by atoms with Crippen LogP contribution in [-0.2, 0) is 0 Å². The minimum absolute atomic E-state index is 0.0461. The molecular formula is C13H7BrF2N2. The van der Waals surface area contributed by atoms with Crippen LogP contribution in [0, 0.1) is 23.0 Å². The number of hydrogen-bond acceptors (Lipinski definition) is 2. The molecule has 2 nitrogen and oxygen atoms in total. The van der Waals surface area contributed by atoms with Gasteiger partial charge in [0, 0.05) is 10.2 Å². The van der Waals surface area contributed by atoms with Crippen molar-refractivity contribution in [2.24, 2.45) is 0 Å². The molecule has 0 heterocycles. The van der Waals surface area contributed by atoms with Crippen molar-refractivity contribution in [2.45, 2.75) is 0 Å². The van der Waals surface area contributed by atoms with Crippen LogP contribution in [0.3, 0.4) is 0 Å². The fourth-order valence-corrected chi connectivity index (χ4v) is 1.79. The maximum atomic E-state index is 13.5. The van der Waals surface area contributed by atoms with Crippen molar-refractivity contribution in [3.8, 4) is 6.07 Å². The number of nitrogens with zero attached hydrogens (tertiary/aromatic N) is 1. The largest absolute Gasteiger partial charge is 0.353 e. The highest BCUT2D eigenvalue weighted by Crippen LogP contribution is 2.24. The van der Waals surface area contributed by atoms with Gasteiger partial charge in [0.1, 0.15) is 17.7 Å². The number of nitriles is 1. The third-order valence-electron chi connectivity index (χ3n) is 2.30. The van der Waals surface area contributed by atoms with Crippen molar-refractivity contribution in [3.05, 3.63) is 58.1 Å². The Hall–Kier alpha value is -1.93. The molecule has 2 rings (SSSR count). The van der Waals surface area contributed by atoms with E-state index in [1.807, 2.05) is 0 Å². The Bertz CT molecular complexity index is 635. The second kappa shape index (κ2) is 5.15. The predicted octanol–water partition coefficient (Wildman–Crippen LogP) is 4.34. The Kier molecular flexibility index (Phi) is 3.58. The molecule has 2 aromatic rings. The molecule has 0 spiro atoms. The molecule has 0 fully saturated rings. The predicted molar refractivity (Wildman–Crippen MR) is 68.5 cm³/mol. The Morgan fingerprint density at radius 1 is 1.06 bits per heavy atom. The van der Waals surface area contributed by atoms with Crippen molar-refractivity contribution in [1.82, 2.24) is 0 Å². The summed E-state index contributed by atoms with van der Waals surface area (Å²) in [6.45, 7) is 0. The van der Waals surface area contributed by atoms with E-state index < -0.39 is 11.6 Å². The lowest BCUT2D eigenvalue weighted by molar-refractivity contribution is 0.623. The fourth-order valence-electron chi connectivity index (χ4n) is 1.43. The molecule has 0 bridgehead atoms. The van der Waals surface area contributed by atoms with E-state index in [0.717, 1.165) is 6.07 Å². The molecule has 0 aliphatic heterocycles. The van der Waals surface area contributed by atoms with Crippen LogP contribution in [0.25, 0.3) is 0 Å². The zero-order valence-corrected chi connectivity index (χ0v) is 10.6. The summed E-state index contributed by atoms with van der Waals surface area (Å²) in [5.74, 6) is -1.08. The van der Waals surface area contributed by atoms with Crippen LogP contribution < -0.4 is 5.32 Å².